The van der Waals surface area contributed by atoms with Crippen LogP contribution in [0.3, 0.4) is 0 Å². The lowest BCUT2D eigenvalue weighted by Gasteiger charge is -2.14. The zero-order valence-corrected chi connectivity index (χ0v) is 8.74. The number of nitrogens with one attached hydrogen (secondary N) is 2. The lowest BCUT2D eigenvalue weighted by Crippen LogP contribution is -2.21. The molecule has 0 saturated heterocycles. The molecule has 80 valence electrons. The van der Waals surface area contributed by atoms with Crippen molar-refractivity contribution in [2.75, 3.05) is 25.0 Å². The normalized spacial score (nSPS) is 15.9. The molecule has 15 heavy (non-hydrogen) atoms. The Labute approximate surface area is 89.8 Å². The summed E-state index contributed by atoms with van der Waals surface area (Å²) in [5.41, 5.74) is 1.54. The van der Waals surface area contributed by atoms with Gasteiger partial charge in [0.05, 0.1) is 0 Å². The largest absolute Gasteiger partial charge is 0.370 e. The monoisotopic (exact) mass is 204 g/mol. The molecular formula is C11H16N4. The molecule has 1 aliphatic rings. The van der Waals surface area contributed by atoms with Gasteiger partial charge in [-0.3, -0.25) is 0 Å². The molecule has 1 aliphatic heterocycles. The number of hydrogen-bond acceptors (Lipinski definition) is 4. The van der Waals surface area contributed by atoms with E-state index in [9.17, 15) is 0 Å². The summed E-state index contributed by atoms with van der Waals surface area (Å²) in [5.74, 6) is 0.902. The highest BCUT2D eigenvalue weighted by Crippen LogP contribution is 2.09. The van der Waals surface area contributed by atoms with Gasteiger partial charge < -0.3 is 10.6 Å². The van der Waals surface area contributed by atoms with Crippen LogP contribution in [0.2, 0.25) is 0 Å². The first-order valence-corrected chi connectivity index (χ1v) is 5.33. The van der Waals surface area contributed by atoms with E-state index in [2.05, 4.69) is 26.7 Å². The topological polar surface area (TPSA) is 49.8 Å². The molecule has 0 spiro atoms. The standard InChI is InChI=1S/C11H16N4/c1-5-12-6-2-10(1)3-8-14-11-4-7-13-9-15-11/h1,4,7,9,12H,2-3,5-6,8H2,(H,13,14,15). The molecule has 0 fully saturated rings. The molecule has 4 nitrogen and oxygen atoms in total. The molecule has 1 aromatic rings. The van der Waals surface area contributed by atoms with Crippen LogP contribution in [-0.4, -0.2) is 29.6 Å². The van der Waals surface area contributed by atoms with E-state index in [1.54, 1.807) is 12.5 Å². The zero-order chi connectivity index (χ0) is 10.3. The van der Waals surface area contributed by atoms with Crippen LogP contribution in [0.1, 0.15) is 12.8 Å². The van der Waals surface area contributed by atoms with E-state index < -0.39 is 0 Å². The Morgan fingerprint density at radius 2 is 2.47 bits per heavy atom. The Balaban J connectivity index is 1.73. The second kappa shape index (κ2) is 5.46. The van der Waals surface area contributed by atoms with E-state index in [1.807, 2.05) is 6.07 Å². The minimum atomic E-state index is 0.902. The van der Waals surface area contributed by atoms with Crippen molar-refractivity contribution < 1.29 is 0 Å². The van der Waals surface area contributed by atoms with Crippen LogP contribution in [0.15, 0.2) is 30.2 Å². The maximum absolute atomic E-state index is 4.11. The fourth-order valence-electron chi connectivity index (χ4n) is 1.64. The lowest BCUT2D eigenvalue weighted by atomic mass is 10.1. The van der Waals surface area contributed by atoms with Gasteiger partial charge in [-0.05, 0) is 25.5 Å². The van der Waals surface area contributed by atoms with E-state index in [4.69, 9.17) is 0 Å². The van der Waals surface area contributed by atoms with Crippen molar-refractivity contribution in [2.45, 2.75) is 12.8 Å². The van der Waals surface area contributed by atoms with Crippen molar-refractivity contribution in [1.29, 1.82) is 0 Å². The van der Waals surface area contributed by atoms with Gasteiger partial charge in [-0.1, -0.05) is 11.6 Å². The summed E-state index contributed by atoms with van der Waals surface area (Å²) in [6, 6.07) is 1.89. The lowest BCUT2D eigenvalue weighted by molar-refractivity contribution is 0.683. The predicted octanol–water partition coefficient (Wildman–Crippen LogP) is 1.20. The van der Waals surface area contributed by atoms with Gasteiger partial charge in [-0.15, -0.1) is 0 Å². The van der Waals surface area contributed by atoms with Gasteiger partial charge >= 0.3 is 0 Å². The Morgan fingerprint density at radius 3 is 3.20 bits per heavy atom. The van der Waals surface area contributed by atoms with Gasteiger partial charge in [0.2, 0.25) is 0 Å². The Bertz CT molecular complexity index is 321. The first-order valence-electron chi connectivity index (χ1n) is 5.33. The van der Waals surface area contributed by atoms with E-state index >= 15 is 0 Å². The number of nitrogens with zero attached hydrogens (tertiary/aromatic N) is 2. The molecule has 2 heterocycles. The summed E-state index contributed by atoms with van der Waals surface area (Å²) >= 11 is 0. The second-order valence-electron chi connectivity index (χ2n) is 3.59. The van der Waals surface area contributed by atoms with E-state index in [-0.39, 0.29) is 0 Å². The maximum atomic E-state index is 4.11. The van der Waals surface area contributed by atoms with Crippen LogP contribution < -0.4 is 10.6 Å². The van der Waals surface area contributed by atoms with Crippen molar-refractivity contribution >= 4 is 5.82 Å². The third-order valence-corrected chi connectivity index (χ3v) is 2.49. The molecular weight excluding hydrogens is 188 g/mol. The molecule has 0 aromatic carbocycles. The highest BCUT2D eigenvalue weighted by atomic mass is 15.0. The molecule has 0 unspecified atom stereocenters. The van der Waals surface area contributed by atoms with E-state index in [0.29, 0.717) is 0 Å². The average molecular weight is 204 g/mol. The molecule has 0 aliphatic carbocycles. The van der Waals surface area contributed by atoms with Crippen LogP contribution in [-0.2, 0) is 0 Å². The Hall–Kier alpha value is -1.42. The van der Waals surface area contributed by atoms with E-state index in [1.165, 1.54) is 12.0 Å². The summed E-state index contributed by atoms with van der Waals surface area (Å²) < 4.78 is 0. The Kier molecular flexibility index (Phi) is 3.68. The third-order valence-electron chi connectivity index (χ3n) is 2.49. The molecule has 2 N–H and O–H groups in total. The Morgan fingerprint density at radius 1 is 1.47 bits per heavy atom. The highest BCUT2D eigenvalue weighted by Gasteiger charge is 2.02. The van der Waals surface area contributed by atoms with Crippen LogP contribution in [0.25, 0.3) is 0 Å². The van der Waals surface area contributed by atoms with Crippen molar-refractivity contribution in [3.8, 4) is 0 Å². The van der Waals surface area contributed by atoms with Gasteiger partial charge in [0.25, 0.3) is 0 Å². The number of rotatable bonds is 4. The van der Waals surface area contributed by atoms with Gasteiger partial charge in [-0.25, -0.2) is 9.97 Å². The molecule has 0 atom stereocenters. The van der Waals surface area contributed by atoms with Gasteiger partial charge in [0, 0.05) is 19.3 Å². The number of hydrogen-bond donors (Lipinski definition) is 2. The quantitative estimate of drug-likeness (QED) is 0.723. The summed E-state index contributed by atoms with van der Waals surface area (Å²) in [7, 11) is 0. The summed E-state index contributed by atoms with van der Waals surface area (Å²) in [5, 5.41) is 6.58. The van der Waals surface area contributed by atoms with Crippen molar-refractivity contribution in [3.05, 3.63) is 30.2 Å². The summed E-state index contributed by atoms with van der Waals surface area (Å²) in [4.78, 5) is 7.98. The fraction of sp³-hybridized carbons (Fsp3) is 0.455. The van der Waals surface area contributed by atoms with Crippen LogP contribution in [0.5, 0.6) is 0 Å². The minimum absolute atomic E-state index is 0.902. The van der Waals surface area contributed by atoms with Crippen LogP contribution in [0, 0.1) is 0 Å². The average Bonchev–Trinajstić information content (AvgIpc) is 2.32. The summed E-state index contributed by atoms with van der Waals surface area (Å²) in [6.45, 7) is 3.07. The SMILES string of the molecule is C1=C(CCNc2ccncn2)CCNC1. The zero-order valence-electron chi connectivity index (χ0n) is 8.74. The second-order valence-corrected chi connectivity index (χ2v) is 3.59. The van der Waals surface area contributed by atoms with Crippen molar-refractivity contribution in [2.24, 2.45) is 0 Å². The highest BCUT2D eigenvalue weighted by molar-refractivity contribution is 5.31. The molecule has 2 rings (SSSR count). The van der Waals surface area contributed by atoms with Gasteiger partial charge in [0.15, 0.2) is 0 Å². The third kappa shape index (κ3) is 3.32. The van der Waals surface area contributed by atoms with Gasteiger partial charge in [-0.2, -0.15) is 0 Å². The van der Waals surface area contributed by atoms with Crippen molar-refractivity contribution in [3.63, 3.8) is 0 Å². The summed E-state index contributed by atoms with van der Waals surface area (Å²) in [6.07, 6.45) is 7.87. The number of anilines is 1. The van der Waals surface area contributed by atoms with E-state index in [0.717, 1.165) is 31.9 Å². The molecule has 0 bridgehead atoms. The first kappa shape index (κ1) is 10.1. The van der Waals surface area contributed by atoms with Gasteiger partial charge in [0.1, 0.15) is 12.1 Å². The first-order chi connectivity index (χ1) is 7.45. The molecule has 1 aromatic heterocycles. The predicted molar refractivity (Wildman–Crippen MR) is 60.7 cm³/mol. The fourth-order valence-corrected chi connectivity index (χ4v) is 1.64. The number of aromatic nitrogens is 2. The molecule has 0 radical (unpaired) electrons. The smallest absolute Gasteiger partial charge is 0.129 e. The van der Waals surface area contributed by atoms with Crippen LogP contribution >= 0.6 is 0 Å². The van der Waals surface area contributed by atoms with Crippen molar-refractivity contribution in [1.82, 2.24) is 15.3 Å². The maximum Gasteiger partial charge on any atom is 0.129 e. The van der Waals surface area contributed by atoms with Crippen LogP contribution in [0.4, 0.5) is 5.82 Å². The molecule has 0 amide bonds. The minimum Gasteiger partial charge on any atom is -0.370 e. The molecule has 4 heteroatoms. The molecule has 0 saturated carbocycles.